The molecule has 1 N–H and O–H groups in total. The van der Waals surface area contributed by atoms with Gasteiger partial charge < -0.3 is 9.52 Å². The minimum absolute atomic E-state index is 0.00828. The van der Waals surface area contributed by atoms with Crippen LogP contribution in [-0.4, -0.2) is 47.2 Å². The summed E-state index contributed by atoms with van der Waals surface area (Å²) in [6.07, 6.45) is 1.84. The van der Waals surface area contributed by atoms with E-state index in [0.717, 1.165) is 31.9 Å². The van der Waals surface area contributed by atoms with Gasteiger partial charge in [-0.25, -0.2) is 0 Å². The highest BCUT2D eigenvalue weighted by molar-refractivity contribution is 5.17. The highest BCUT2D eigenvalue weighted by Gasteiger charge is 2.62. The number of rotatable bonds is 1. The quantitative estimate of drug-likeness (QED) is 0.813. The third-order valence-corrected chi connectivity index (χ3v) is 5.07. The first-order valence-electron chi connectivity index (χ1n) is 6.71. The van der Waals surface area contributed by atoms with Gasteiger partial charge in [0.2, 0.25) is 0 Å². The van der Waals surface area contributed by atoms with Crippen LogP contribution in [0.15, 0.2) is 22.8 Å². The molecule has 0 aliphatic carbocycles. The minimum Gasteiger partial charge on any atom is -0.466 e. The molecule has 18 heavy (non-hydrogen) atoms. The third kappa shape index (κ3) is 1.21. The molecule has 0 atom stereocenters. The summed E-state index contributed by atoms with van der Waals surface area (Å²) >= 11 is 0. The van der Waals surface area contributed by atoms with Crippen molar-refractivity contribution >= 4 is 0 Å². The molecule has 4 nitrogen and oxygen atoms in total. The predicted octanol–water partition coefficient (Wildman–Crippen LogP) is 1.30. The SMILES string of the molecule is CC12CN3CC(C)(CN(C1)C3c1ccco1)C2O. The summed E-state index contributed by atoms with van der Waals surface area (Å²) in [4.78, 5) is 4.94. The standard InChI is InChI=1S/C14H20N2O2/c1-13-6-15-8-14(2,12(13)17)9-16(7-13)11(15)10-4-3-5-18-10/h3-5,11-12,17H,6-9H2,1-2H3. The number of aliphatic hydroxyl groups excluding tert-OH is 1. The van der Waals surface area contributed by atoms with Crippen molar-refractivity contribution in [1.29, 1.82) is 0 Å². The molecule has 0 spiro atoms. The third-order valence-electron chi connectivity index (χ3n) is 5.07. The Morgan fingerprint density at radius 2 is 1.72 bits per heavy atom. The molecule has 0 amide bonds. The molecule has 4 aliphatic rings. The van der Waals surface area contributed by atoms with E-state index in [1.54, 1.807) is 6.26 Å². The second-order valence-electron chi connectivity index (χ2n) is 6.91. The number of piperidine rings is 2. The maximum absolute atomic E-state index is 10.6. The molecule has 0 aromatic carbocycles. The van der Waals surface area contributed by atoms with Gasteiger partial charge in [-0.3, -0.25) is 9.80 Å². The zero-order chi connectivity index (χ0) is 12.5. The number of furan rings is 1. The molecule has 5 heterocycles. The van der Waals surface area contributed by atoms with E-state index < -0.39 is 0 Å². The molecular weight excluding hydrogens is 228 g/mol. The van der Waals surface area contributed by atoms with Crippen molar-refractivity contribution in [2.24, 2.45) is 10.8 Å². The van der Waals surface area contributed by atoms with Crippen molar-refractivity contribution in [2.45, 2.75) is 26.1 Å². The van der Waals surface area contributed by atoms with Crippen LogP contribution < -0.4 is 0 Å². The lowest BCUT2D eigenvalue weighted by Crippen LogP contribution is -2.76. The van der Waals surface area contributed by atoms with Crippen LogP contribution in [0.4, 0.5) is 0 Å². The molecule has 1 aromatic heterocycles. The first kappa shape index (κ1) is 11.0. The van der Waals surface area contributed by atoms with Gasteiger partial charge >= 0.3 is 0 Å². The molecule has 1 aromatic rings. The van der Waals surface area contributed by atoms with Crippen LogP contribution in [0.3, 0.4) is 0 Å². The van der Waals surface area contributed by atoms with Crippen molar-refractivity contribution in [3.05, 3.63) is 24.2 Å². The Hall–Kier alpha value is -0.840. The zero-order valence-electron chi connectivity index (χ0n) is 11.0. The number of hydrogen-bond donors (Lipinski definition) is 1. The Bertz CT molecular complexity index is 432. The van der Waals surface area contributed by atoms with Crippen molar-refractivity contribution in [3.63, 3.8) is 0 Å². The van der Waals surface area contributed by atoms with E-state index >= 15 is 0 Å². The molecular formula is C14H20N2O2. The van der Waals surface area contributed by atoms with Crippen LogP contribution in [0.5, 0.6) is 0 Å². The number of aliphatic hydroxyl groups is 1. The van der Waals surface area contributed by atoms with Gasteiger partial charge in [0.15, 0.2) is 0 Å². The van der Waals surface area contributed by atoms with E-state index in [1.807, 2.05) is 6.07 Å². The van der Waals surface area contributed by atoms with Crippen LogP contribution in [0, 0.1) is 10.8 Å². The van der Waals surface area contributed by atoms with Gasteiger partial charge in [0.25, 0.3) is 0 Å². The summed E-state index contributed by atoms with van der Waals surface area (Å²) in [5, 5.41) is 10.6. The lowest BCUT2D eigenvalue weighted by atomic mass is 9.61. The van der Waals surface area contributed by atoms with Crippen molar-refractivity contribution in [2.75, 3.05) is 26.2 Å². The first-order chi connectivity index (χ1) is 8.52. The Morgan fingerprint density at radius 3 is 2.17 bits per heavy atom. The fraction of sp³-hybridized carbons (Fsp3) is 0.714. The van der Waals surface area contributed by atoms with Gasteiger partial charge in [0.1, 0.15) is 11.9 Å². The van der Waals surface area contributed by atoms with Crippen LogP contribution in [0.25, 0.3) is 0 Å². The van der Waals surface area contributed by atoms with Crippen molar-refractivity contribution < 1.29 is 9.52 Å². The molecule has 4 saturated heterocycles. The summed E-state index contributed by atoms with van der Waals surface area (Å²) in [6.45, 7) is 8.29. The lowest BCUT2D eigenvalue weighted by Gasteiger charge is -2.67. The molecule has 4 bridgehead atoms. The van der Waals surface area contributed by atoms with Crippen LogP contribution >= 0.6 is 0 Å². The first-order valence-corrected chi connectivity index (χ1v) is 6.71. The summed E-state index contributed by atoms with van der Waals surface area (Å²) < 4.78 is 5.61. The fourth-order valence-corrected chi connectivity index (χ4v) is 4.63. The average molecular weight is 248 g/mol. The smallest absolute Gasteiger partial charge is 0.135 e. The largest absolute Gasteiger partial charge is 0.466 e. The Morgan fingerprint density at radius 1 is 1.17 bits per heavy atom. The van der Waals surface area contributed by atoms with Crippen molar-refractivity contribution in [1.82, 2.24) is 9.80 Å². The second-order valence-corrected chi connectivity index (χ2v) is 6.91. The van der Waals surface area contributed by atoms with Gasteiger partial charge in [0.05, 0.1) is 12.4 Å². The van der Waals surface area contributed by atoms with Crippen LogP contribution in [-0.2, 0) is 0 Å². The zero-order valence-corrected chi connectivity index (χ0v) is 11.0. The molecule has 0 radical (unpaired) electrons. The lowest BCUT2D eigenvalue weighted by molar-refractivity contribution is -0.256. The number of hydrogen-bond acceptors (Lipinski definition) is 4. The van der Waals surface area contributed by atoms with Gasteiger partial charge in [-0.15, -0.1) is 0 Å². The molecule has 4 fully saturated rings. The maximum Gasteiger partial charge on any atom is 0.135 e. The summed E-state index contributed by atoms with van der Waals surface area (Å²) in [7, 11) is 0. The maximum atomic E-state index is 10.6. The van der Waals surface area contributed by atoms with E-state index in [2.05, 4.69) is 29.7 Å². The summed E-state index contributed by atoms with van der Waals surface area (Å²) in [6, 6.07) is 4.02. The van der Waals surface area contributed by atoms with Gasteiger partial charge in [-0.2, -0.15) is 0 Å². The van der Waals surface area contributed by atoms with Crippen LogP contribution in [0.2, 0.25) is 0 Å². The molecule has 98 valence electrons. The Balaban J connectivity index is 1.75. The summed E-state index contributed by atoms with van der Waals surface area (Å²) in [5.74, 6) is 1.04. The van der Waals surface area contributed by atoms with E-state index in [1.165, 1.54) is 0 Å². The van der Waals surface area contributed by atoms with Crippen LogP contribution in [0.1, 0.15) is 25.8 Å². The van der Waals surface area contributed by atoms with E-state index in [9.17, 15) is 5.11 Å². The van der Waals surface area contributed by atoms with Gasteiger partial charge in [-0.1, -0.05) is 13.8 Å². The molecule has 0 unspecified atom stereocenters. The molecule has 4 aliphatic heterocycles. The van der Waals surface area contributed by atoms with E-state index in [-0.39, 0.29) is 23.1 Å². The predicted molar refractivity (Wildman–Crippen MR) is 66.8 cm³/mol. The second kappa shape index (κ2) is 3.18. The highest BCUT2D eigenvalue weighted by atomic mass is 16.3. The number of nitrogens with zero attached hydrogens (tertiary/aromatic N) is 2. The molecule has 0 saturated carbocycles. The van der Waals surface area contributed by atoms with E-state index in [0.29, 0.717) is 0 Å². The summed E-state index contributed by atoms with van der Waals surface area (Å²) in [5.41, 5.74) is 0.0166. The Labute approximate surface area is 107 Å². The van der Waals surface area contributed by atoms with Gasteiger partial charge in [0, 0.05) is 37.0 Å². The monoisotopic (exact) mass is 248 g/mol. The fourth-order valence-electron chi connectivity index (χ4n) is 4.63. The minimum atomic E-state index is -0.185. The van der Waals surface area contributed by atoms with Crippen molar-refractivity contribution in [3.8, 4) is 0 Å². The molecule has 4 heteroatoms. The highest BCUT2D eigenvalue weighted by Crippen LogP contribution is 2.54. The molecule has 5 rings (SSSR count). The topological polar surface area (TPSA) is 39.9 Å². The Kier molecular flexibility index (Phi) is 1.95. The van der Waals surface area contributed by atoms with E-state index in [4.69, 9.17) is 4.42 Å². The average Bonchev–Trinajstić information content (AvgIpc) is 2.77. The normalized spacial score (nSPS) is 53.9. The van der Waals surface area contributed by atoms with Gasteiger partial charge in [-0.05, 0) is 12.1 Å².